The van der Waals surface area contributed by atoms with E-state index in [-0.39, 0.29) is 0 Å². The fourth-order valence-corrected chi connectivity index (χ4v) is 2.97. The minimum atomic E-state index is 0.530. The lowest BCUT2D eigenvalue weighted by Crippen LogP contribution is -2.37. The molecule has 1 aromatic rings. The third-order valence-corrected chi connectivity index (χ3v) is 5.00. The Hall–Kier alpha value is -0.830. The first-order valence-corrected chi connectivity index (χ1v) is 8.03. The predicted octanol–water partition coefficient (Wildman–Crippen LogP) is 3.17. The second-order valence-electron chi connectivity index (χ2n) is 6.53. The molecule has 0 saturated heterocycles. The van der Waals surface area contributed by atoms with Crippen molar-refractivity contribution in [3.05, 3.63) is 18.0 Å². The van der Waals surface area contributed by atoms with Gasteiger partial charge in [0, 0.05) is 18.3 Å². The number of aromatic nitrogens is 2. The van der Waals surface area contributed by atoms with E-state index in [2.05, 4.69) is 36.1 Å². The van der Waals surface area contributed by atoms with Crippen molar-refractivity contribution < 1.29 is 0 Å². The highest BCUT2D eigenvalue weighted by Gasteiger charge is 2.32. The zero-order chi connectivity index (χ0) is 13.2. The molecule has 2 aliphatic carbocycles. The van der Waals surface area contributed by atoms with Crippen molar-refractivity contribution in [1.82, 2.24) is 15.1 Å². The number of hydrogen-bond acceptors (Lipinski definition) is 2. The number of hydrogen-bond donors (Lipinski definition) is 1. The minimum absolute atomic E-state index is 0.530. The molecule has 0 amide bonds. The third-order valence-electron chi connectivity index (χ3n) is 5.00. The summed E-state index contributed by atoms with van der Waals surface area (Å²) >= 11 is 0. The van der Waals surface area contributed by atoms with E-state index in [9.17, 15) is 0 Å². The van der Waals surface area contributed by atoms with Crippen LogP contribution >= 0.6 is 0 Å². The van der Waals surface area contributed by atoms with Gasteiger partial charge >= 0.3 is 0 Å². The number of nitrogens with one attached hydrogen (secondary N) is 1. The van der Waals surface area contributed by atoms with E-state index in [0.29, 0.717) is 6.04 Å². The van der Waals surface area contributed by atoms with E-state index >= 15 is 0 Å². The van der Waals surface area contributed by atoms with Crippen LogP contribution in [0.5, 0.6) is 0 Å². The molecule has 1 N–H and O–H groups in total. The standard InChI is InChI=1S/C16H27N3/c1-3-12(2)19-9-8-16(18-19)10-13-4-5-14(13)11-17-15-6-7-15/h8-9,12-15,17H,3-7,10-11H2,1-2H3. The summed E-state index contributed by atoms with van der Waals surface area (Å²) in [5.74, 6) is 1.76. The molecule has 3 rings (SSSR count). The summed E-state index contributed by atoms with van der Waals surface area (Å²) in [5.41, 5.74) is 1.29. The highest BCUT2D eigenvalue weighted by molar-refractivity contribution is 5.03. The van der Waals surface area contributed by atoms with Crippen molar-refractivity contribution in [3.63, 3.8) is 0 Å². The minimum Gasteiger partial charge on any atom is -0.314 e. The van der Waals surface area contributed by atoms with Gasteiger partial charge in [-0.2, -0.15) is 5.10 Å². The first kappa shape index (κ1) is 13.2. The molecule has 0 bridgehead atoms. The molecule has 0 aromatic carbocycles. The van der Waals surface area contributed by atoms with Crippen molar-refractivity contribution in [2.45, 2.75) is 64.5 Å². The second-order valence-corrected chi connectivity index (χ2v) is 6.53. The molecular weight excluding hydrogens is 234 g/mol. The Morgan fingerprint density at radius 3 is 2.74 bits per heavy atom. The van der Waals surface area contributed by atoms with E-state index in [1.165, 1.54) is 44.3 Å². The van der Waals surface area contributed by atoms with E-state index in [1.807, 2.05) is 0 Å². The van der Waals surface area contributed by atoms with Crippen LogP contribution in [0.25, 0.3) is 0 Å². The molecular formula is C16H27N3. The van der Waals surface area contributed by atoms with Crippen molar-refractivity contribution in [2.24, 2.45) is 11.8 Å². The van der Waals surface area contributed by atoms with Crippen molar-refractivity contribution in [2.75, 3.05) is 6.54 Å². The van der Waals surface area contributed by atoms with Crippen LogP contribution in [0.4, 0.5) is 0 Å². The average molecular weight is 261 g/mol. The lowest BCUT2D eigenvalue weighted by Gasteiger charge is -2.36. The van der Waals surface area contributed by atoms with Gasteiger partial charge in [0.05, 0.1) is 5.69 Å². The topological polar surface area (TPSA) is 29.9 Å². The van der Waals surface area contributed by atoms with Crippen molar-refractivity contribution >= 4 is 0 Å². The van der Waals surface area contributed by atoms with Crippen LogP contribution in [0.15, 0.2) is 12.3 Å². The van der Waals surface area contributed by atoms with Gasteiger partial charge in [-0.05, 0) is 69.9 Å². The van der Waals surface area contributed by atoms with Gasteiger partial charge in [-0.1, -0.05) is 6.92 Å². The maximum atomic E-state index is 4.74. The molecule has 3 heteroatoms. The van der Waals surface area contributed by atoms with Crippen LogP contribution in [0.3, 0.4) is 0 Å². The summed E-state index contributed by atoms with van der Waals surface area (Å²) in [6, 6.07) is 3.60. The number of rotatable bonds is 7. The summed E-state index contributed by atoms with van der Waals surface area (Å²) in [5, 5.41) is 8.42. The molecule has 0 aliphatic heterocycles. The van der Waals surface area contributed by atoms with Gasteiger partial charge < -0.3 is 5.32 Å². The van der Waals surface area contributed by atoms with E-state index in [1.54, 1.807) is 0 Å². The Bertz CT molecular complexity index is 408. The van der Waals surface area contributed by atoms with Crippen molar-refractivity contribution in [3.8, 4) is 0 Å². The SMILES string of the molecule is CCC(C)n1ccc(CC2CCC2CNC2CC2)n1. The average Bonchev–Trinajstić information content (AvgIpc) is 3.10. The summed E-state index contributed by atoms with van der Waals surface area (Å²) in [6.07, 6.45) is 10.1. The lowest BCUT2D eigenvalue weighted by atomic mass is 9.71. The molecule has 106 valence electrons. The zero-order valence-electron chi connectivity index (χ0n) is 12.3. The highest BCUT2D eigenvalue weighted by Crippen LogP contribution is 2.36. The van der Waals surface area contributed by atoms with Gasteiger partial charge in [-0.15, -0.1) is 0 Å². The molecule has 2 saturated carbocycles. The fourth-order valence-electron chi connectivity index (χ4n) is 2.97. The largest absolute Gasteiger partial charge is 0.314 e. The van der Waals surface area contributed by atoms with Gasteiger partial charge in [-0.3, -0.25) is 4.68 Å². The molecule has 19 heavy (non-hydrogen) atoms. The fraction of sp³-hybridized carbons (Fsp3) is 0.812. The molecule has 0 radical (unpaired) electrons. The summed E-state index contributed by atoms with van der Waals surface area (Å²) in [6.45, 7) is 5.70. The Balaban J connectivity index is 1.48. The summed E-state index contributed by atoms with van der Waals surface area (Å²) < 4.78 is 2.13. The Labute approximate surface area is 116 Å². The van der Waals surface area contributed by atoms with Crippen molar-refractivity contribution in [1.29, 1.82) is 0 Å². The molecule has 3 unspecified atom stereocenters. The van der Waals surface area contributed by atoms with E-state index in [0.717, 1.165) is 24.3 Å². The molecule has 0 spiro atoms. The van der Waals surface area contributed by atoms with Gasteiger partial charge in [0.15, 0.2) is 0 Å². The Morgan fingerprint density at radius 2 is 2.11 bits per heavy atom. The normalized spacial score (nSPS) is 28.1. The van der Waals surface area contributed by atoms with Gasteiger partial charge in [0.25, 0.3) is 0 Å². The van der Waals surface area contributed by atoms with Gasteiger partial charge in [0.2, 0.25) is 0 Å². The van der Waals surface area contributed by atoms with E-state index in [4.69, 9.17) is 5.10 Å². The Kier molecular flexibility index (Phi) is 3.92. The molecule has 3 atom stereocenters. The predicted molar refractivity (Wildman–Crippen MR) is 78.2 cm³/mol. The molecule has 1 aromatic heterocycles. The first-order valence-electron chi connectivity index (χ1n) is 8.03. The van der Waals surface area contributed by atoms with Crippen LogP contribution in [-0.4, -0.2) is 22.4 Å². The van der Waals surface area contributed by atoms with Gasteiger partial charge in [-0.25, -0.2) is 0 Å². The first-order chi connectivity index (χ1) is 9.26. The molecule has 2 aliphatic rings. The molecule has 3 nitrogen and oxygen atoms in total. The molecule has 1 heterocycles. The maximum absolute atomic E-state index is 4.74. The van der Waals surface area contributed by atoms with Crippen LogP contribution < -0.4 is 5.32 Å². The van der Waals surface area contributed by atoms with Crippen LogP contribution in [0.1, 0.15) is 57.7 Å². The Morgan fingerprint density at radius 1 is 1.32 bits per heavy atom. The maximum Gasteiger partial charge on any atom is 0.0627 e. The molecule has 2 fully saturated rings. The van der Waals surface area contributed by atoms with E-state index < -0.39 is 0 Å². The van der Waals surface area contributed by atoms with Crippen LogP contribution in [0.2, 0.25) is 0 Å². The number of nitrogens with zero attached hydrogens (tertiary/aromatic N) is 2. The quantitative estimate of drug-likeness (QED) is 0.817. The zero-order valence-corrected chi connectivity index (χ0v) is 12.3. The van der Waals surface area contributed by atoms with Gasteiger partial charge in [0.1, 0.15) is 0 Å². The lowest BCUT2D eigenvalue weighted by molar-refractivity contribution is 0.169. The highest BCUT2D eigenvalue weighted by atomic mass is 15.3. The summed E-state index contributed by atoms with van der Waals surface area (Å²) in [7, 11) is 0. The third kappa shape index (κ3) is 3.19. The summed E-state index contributed by atoms with van der Waals surface area (Å²) in [4.78, 5) is 0. The monoisotopic (exact) mass is 261 g/mol. The van der Waals surface area contributed by atoms with Crippen LogP contribution in [-0.2, 0) is 6.42 Å². The second kappa shape index (κ2) is 5.66. The van der Waals surface area contributed by atoms with Crippen LogP contribution in [0, 0.1) is 11.8 Å². The smallest absolute Gasteiger partial charge is 0.0627 e.